The Kier molecular flexibility index (Phi) is 5.60. The standard InChI is InChI=1S/C8H11As/c1-4-7-8-9(5-2)6-3/h2-3H,4,7-8H2,1H3. The number of rotatable bonds is 3. The van der Waals surface area contributed by atoms with Crippen molar-refractivity contribution >= 4 is 14.7 Å². The van der Waals surface area contributed by atoms with Gasteiger partial charge in [0, 0.05) is 0 Å². The monoisotopic (exact) mass is 182 g/mol. The van der Waals surface area contributed by atoms with Crippen molar-refractivity contribution in [3.8, 4) is 22.3 Å². The van der Waals surface area contributed by atoms with Gasteiger partial charge in [0.15, 0.2) is 0 Å². The second kappa shape index (κ2) is 5.81. The molecule has 1 heteroatoms. The zero-order chi connectivity index (χ0) is 7.11. The summed E-state index contributed by atoms with van der Waals surface area (Å²) in [6.45, 7) is 2.15. The molecule has 0 aromatic rings. The molecule has 0 nitrogen and oxygen atoms in total. The normalized spacial score (nSPS) is 8.44. The van der Waals surface area contributed by atoms with Gasteiger partial charge in [0.25, 0.3) is 0 Å². The molecule has 0 fully saturated rings. The van der Waals surface area contributed by atoms with Crippen LogP contribution in [0.1, 0.15) is 19.8 Å². The molecule has 0 spiro atoms. The Labute approximate surface area is 62.3 Å². The van der Waals surface area contributed by atoms with Crippen LogP contribution in [0, 0.1) is 22.3 Å². The molecule has 0 heterocycles. The van der Waals surface area contributed by atoms with Gasteiger partial charge in [-0.25, -0.2) is 0 Å². The van der Waals surface area contributed by atoms with Crippen LogP contribution in [0.3, 0.4) is 0 Å². The molecule has 0 atom stereocenters. The van der Waals surface area contributed by atoms with Crippen LogP contribution in [-0.4, -0.2) is 14.7 Å². The van der Waals surface area contributed by atoms with E-state index in [1.807, 2.05) is 0 Å². The van der Waals surface area contributed by atoms with Gasteiger partial charge in [-0.2, -0.15) is 0 Å². The number of terminal acetylenes is 2. The fraction of sp³-hybridized carbons (Fsp3) is 0.500. The van der Waals surface area contributed by atoms with Crippen LogP contribution in [0.25, 0.3) is 0 Å². The Balaban J connectivity index is 3.38. The first-order chi connectivity index (χ1) is 4.35. The Morgan fingerprint density at radius 1 is 1.33 bits per heavy atom. The van der Waals surface area contributed by atoms with E-state index in [4.69, 9.17) is 12.8 Å². The minimum atomic E-state index is -1.21. The summed E-state index contributed by atoms with van der Waals surface area (Å²) in [5, 5.41) is 1.12. The van der Waals surface area contributed by atoms with Gasteiger partial charge in [-0.1, -0.05) is 0 Å². The molecule has 0 amide bonds. The van der Waals surface area contributed by atoms with Gasteiger partial charge < -0.3 is 0 Å². The van der Waals surface area contributed by atoms with Crippen molar-refractivity contribution < 1.29 is 0 Å². The van der Waals surface area contributed by atoms with E-state index in [2.05, 4.69) is 16.3 Å². The third-order valence-corrected chi connectivity index (χ3v) is 3.96. The van der Waals surface area contributed by atoms with Gasteiger partial charge >= 0.3 is 61.9 Å². The van der Waals surface area contributed by atoms with E-state index in [0.29, 0.717) is 0 Å². The number of hydrogen-bond donors (Lipinski definition) is 0. The van der Waals surface area contributed by atoms with Crippen molar-refractivity contribution in [2.45, 2.75) is 25.0 Å². The molecule has 9 heavy (non-hydrogen) atoms. The van der Waals surface area contributed by atoms with Crippen molar-refractivity contribution in [3.63, 3.8) is 0 Å². The third-order valence-electron chi connectivity index (χ3n) is 1.05. The van der Waals surface area contributed by atoms with E-state index < -0.39 is 14.7 Å². The van der Waals surface area contributed by atoms with Gasteiger partial charge in [-0.05, 0) is 0 Å². The number of unbranched alkanes of at least 4 members (excludes halogenated alkanes) is 1. The average molecular weight is 182 g/mol. The van der Waals surface area contributed by atoms with Crippen molar-refractivity contribution in [2.24, 2.45) is 0 Å². The molecule has 0 bridgehead atoms. The van der Waals surface area contributed by atoms with Crippen LogP contribution in [0.15, 0.2) is 0 Å². The van der Waals surface area contributed by atoms with Crippen molar-refractivity contribution in [3.05, 3.63) is 0 Å². The fourth-order valence-electron chi connectivity index (χ4n) is 0.483. The molecule has 0 aromatic heterocycles. The van der Waals surface area contributed by atoms with Crippen molar-refractivity contribution in [1.82, 2.24) is 0 Å². The molecule has 0 aromatic carbocycles. The van der Waals surface area contributed by atoms with Crippen LogP contribution in [0.4, 0.5) is 0 Å². The molecule has 0 saturated carbocycles. The summed E-state index contributed by atoms with van der Waals surface area (Å²) in [5.41, 5.74) is 0. The van der Waals surface area contributed by atoms with Crippen LogP contribution in [-0.2, 0) is 0 Å². The summed E-state index contributed by atoms with van der Waals surface area (Å²) < 4.78 is 5.39. The first-order valence-corrected chi connectivity index (χ1v) is 6.25. The SMILES string of the molecule is C#C[As](C#C)CCCC. The molecule has 0 aliphatic carbocycles. The van der Waals surface area contributed by atoms with E-state index in [-0.39, 0.29) is 0 Å². The second-order valence-electron chi connectivity index (χ2n) is 1.76. The van der Waals surface area contributed by atoms with Gasteiger partial charge in [0.2, 0.25) is 0 Å². The van der Waals surface area contributed by atoms with Crippen LogP contribution >= 0.6 is 0 Å². The summed E-state index contributed by atoms with van der Waals surface area (Å²) in [7, 11) is 0. The van der Waals surface area contributed by atoms with Gasteiger partial charge in [0.1, 0.15) is 0 Å². The minimum absolute atomic E-state index is 1.12. The first-order valence-electron chi connectivity index (χ1n) is 3.05. The summed E-state index contributed by atoms with van der Waals surface area (Å²) in [5.74, 6) is 0. The Hall–Kier alpha value is -0.322. The van der Waals surface area contributed by atoms with Crippen LogP contribution < -0.4 is 0 Å². The molecule has 0 saturated heterocycles. The third kappa shape index (κ3) is 4.20. The first kappa shape index (κ1) is 8.68. The summed E-state index contributed by atoms with van der Waals surface area (Å²) in [4.78, 5) is 0. The zero-order valence-electron chi connectivity index (χ0n) is 5.72. The van der Waals surface area contributed by atoms with E-state index in [0.717, 1.165) is 5.21 Å². The summed E-state index contributed by atoms with van der Waals surface area (Å²) in [6.07, 6.45) is 12.8. The maximum atomic E-state index is 5.20. The fourth-order valence-corrected chi connectivity index (χ4v) is 2.51. The predicted octanol–water partition coefficient (Wildman–Crippen LogP) is 1.63. The molecule has 48 valence electrons. The van der Waals surface area contributed by atoms with Gasteiger partial charge in [-0.3, -0.25) is 0 Å². The second-order valence-corrected chi connectivity index (χ2v) is 5.58. The summed E-state index contributed by atoms with van der Waals surface area (Å²) in [6, 6.07) is 0. The Bertz CT molecular complexity index is 122. The topological polar surface area (TPSA) is 0 Å². The van der Waals surface area contributed by atoms with Gasteiger partial charge in [0.05, 0.1) is 0 Å². The summed E-state index contributed by atoms with van der Waals surface area (Å²) >= 11 is -1.21. The maximum absolute atomic E-state index is 5.20. The molecule has 0 aliphatic rings. The number of hydrogen-bond acceptors (Lipinski definition) is 0. The molecule has 0 radical (unpaired) electrons. The zero-order valence-corrected chi connectivity index (χ0v) is 7.60. The molecular formula is C8H11As. The molecule has 0 rings (SSSR count). The van der Waals surface area contributed by atoms with Gasteiger partial charge in [-0.15, -0.1) is 0 Å². The van der Waals surface area contributed by atoms with Crippen molar-refractivity contribution in [1.29, 1.82) is 0 Å². The molecule has 0 unspecified atom stereocenters. The van der Waals surface area contributed by atoms with E-state index in [1.54, 1.807) is 0 Å². The predicted molar refractivity (Wildman–Crippen MR) is 43.1 cm³/mol. The average Bonchev–Trinajstić information content (AvgIpc) is 1.91. The van der Waals surface area contributed by atoms with Crippen LogP contribution in [0.5, 0.6) is 0 Å². The van der Waals surface area contributed by atoms with E-state index in [1.165, 1.54) is 12.8 Å². The van der Waals surface area contributed by atoms with Crippen molar-refractivity contribution in [2.75, 3.05) is 0 Å². The Morgan fingerprint density at radius 2 is 1.89 bits per heavy atom. The van der Waals surface area contributed by atoms with E-state index in [9.17, 15) is 0 Å². The quantitative estimate of drug-likeness (QED) is 0.459. The molecular weight excluding hydrogens is 171 g/mol. The Morgan fingerprint density at radius 3 is 2.22 bits per heavy atom. The van der Waals surface area contributed by atoms with Crippen LogP contribution in [0.2, 0.25) is 5.21 Å². The molecule has 0 aliphatic heterocycles. The molecule has 0 N–H and O–H groups in total. The van der Waals surface area contributed by atoms with E-state index >= 15 is 0 Å².